The minimum atomic E-state index is -0.433. The Bertz CT molecular complexity index is 2900. The average molecular weight is 607 g/mol. The summed E-state index contributed by atoms with van der Waals surface area (Å²) in [5.41, 5.74) is 7.12. The van der Waals surface area contributed by atoms with Crippen molar-refractivity contribution in [3.8, 4) is 50.5 Å². The molecule has 220 valence electrons. The number of nitrogens with zero attached hydrogens (tertiary/aromatic N) is 2. The zero-order chi connectivity index (χ0) is 38.1. The summed E-state index contributed by atoms with van der Waals surface area (Å²) >= 11 is 0. The van der Waals surface area contributed by atoms with E-state index in [4.69, 9.17) is 10.5 Å². The van der Waals surface area contributed by atoms with Gasteiger partial charge in [0.1, 0.15) is 5.82 Å². The lowest BCUT2D eigenvalue weighted by Gasteiger charge is -2.18. The molecule has 0 saturated carbocycles. The molecule has 0 N–H and O–H groups in total. The lowest BCUT2D eigenvalue weighted by atomic mass is 9.85. The topological polar surface area (TPSA) is 17.8 Å². The maximum absolute atomic E-state index is 9.28. The zero-order valence-electron chi connectivity index (χ0n) is 33.1. The van der Waals surface area contributed by atoms with E-state index in [-0.39, 0.29) is 45.7 Å². The van der Waals surface area contributed by atoms with Crippen molar-refractivity contribution in [2.24, 2.45) is 0 Å². The lowest BCUT2D eigenvalue weighted by Crippen LogP contribution is -1.97. The van der Waals surface area contributed by atoms with E-state index < -0.39 is 24.2 Å². The van der Waals surface area contributed by atoms with E-state index >= 15 is 0 Å². The van der Waals surface area contributed by atoms with Gasteiger partial charge in [0, 0.05) is 11.3 Å². The van der Waals surface area contributed by atoms with Gasteiger partial charge in [-0.15, -0.1) is 0 Å². The molecule has 8 aromatic carbocycles. The second-order valence-corrected chi connectivity index (χ2v) is 11.4. The molecule has 0 unspecified atom stereocenters. The van der Waals surface area contributed by atoms with E-state index in [0.29, 0.717) is 28.1 Å². The predicted octanol–water partition coefficient (Wildman–Crippen LogP) is 12.0. The van der Waals surface area contributed by atoms with Crippen molar-refractivity contribution in [3.05, 3.63) is 182 Å². The molecule has 0 aliphatic heterocycles. The van der Waals surface area contributed by atoms with E-state index in [9.17, 15) is 5.48 Å². The second kappa shape index (κ2) is 11.3. The van der Waals surface area contributed by atoms with E-state index in [0.717, 1.165) is 33.4 Å². The first-order chi connectivity index (χ1) is 26.7. The summed E-state index contributed by atoms with van der Waals surface area (Å²) in [6.45, 7) is 0. The van der Waals surface area contributed by atoms with Gasteiger partial charge >= 0.3 is 0 Å². The van der Waals surface area contributed by atoms with Crippen LogP contribution in [0.4, 0.5) is 0 Å². The highest BCUT2D eigenvalue weighted by atomic mass is 15.1. The van der Waals surface area contributed by atoms with Gasteiger partial charge in [0.25, 0.3) is 0 Å². The molecule has 0 saturated heterocycles. The number of aromatic nitrogens is 2. The van der Waals surface area contributed by atoms with Crippen LogP contribution in [0.3, 0.4) is 0 Å². The van der Waals surface area contributed by atoms with Crippen LogP contribution in [0.2, 0.25) is 0 Å². The number of rotatable bonds is 5. The normalized spacial score (nSPS) is 13.8. The molecule has 0 atom stereocenters. The van der Waals surface area contributed by atoms with Gasteiger partial charge in [0.15, 0.2) is 0 Å². The molecule has 9 rings (SSSR count). The van der Waals surface area contributed by atoms with Crippen molar-refractivity contribution in [1.82, 2.24) is 9.55 Å². The van der Waals surface area contributed by atoms with Crippen LogP contribution in [0.25, 0.3) is 83.0 Å². The fraction of sp³-hybridized carbons (Fsp3) is 0. The highest BCUT2D eigenvalue weighted by Gasteiger charge is 2.18. The van der Waals surface area contributed by atoms with E-state index in [1.165, 1.54) is 0 Å². The first-order valence-corrected chi connectivity index (χ1v) is 15.4. The van der Waals surface area contributed by atoms with Gasteiger partial charge in [0.2, 0.25) is 0 Å². The summed E-state index contributed by atoms with van der Waals surface area (Å²) in [6, 6.07) is 39.7. The number of hydrogen-bond donors (Lipinski definition) is 0. The van der Waals surface area contributed by atoms with Gasteiger partial charge in [-0.1, -0.05) is 158 Å². The Labute approximate surface area is 285 Å². The number of benzene rings is 8. The minimum absolute atomic E-state index is 0.176. The van der Waals surface area contributed by atoms with Crippen LogP contribution < -0.4 is 0 Å². The first kappa shape index (κ1) is 20.0. The van der Waals surface area contributed by atoms with Crippen LogP contribution in [0, 0.1) is 0 Å². The molecular weight excluding hydrogens is 569 g/mol. The Hall–Kier alpha value is -6.25. The van der Waals surface area contributed by atoms with E-state index in [1.54, 1.807) is 0 Å². The number of para-hydroxylation sites is 3. The highest BCUT2D eigenvalue weighted by Crippen LogP contribution is 2.44. The van der Waals surface area contributed by atoms with Crippen molar-refractivity contribution >= 4 is 32.6 Å². The van der Waals surface area contributed by atoms with Gasteiger partial charge in [-0.05, 0) is 79.2 Å². The molecular formula is C45H30N2. The van der Waals surface area contributed by atoms with Crippen LogP contribution in [0.1, 0.15) is 11.0 Å². The average Bonchev–Trinajstić information content (AvgIpc) is 3.63. The van der Waals surface area contributed by atoms with Gasteiger partial charge in [-0.3, -0.25) is 4.57 Å². The third-order valence-corrected chi connectivity index (χ3v) is 8.66. The van der Waals surface area contributed by atoms with Crippen molar-refractivity contribution in [1.29, 1.82) is 0 Å². The molecule has 47 heavy (non-hydrogen) atoms. The minimum Gasteiger partial charge on any atom is -0.292 e. The Balaban J connectivity index is 1.35. The summed E-state index contributed by atoms with van der Waals surface area (Å²) in [5.74, 6) is 0.701. The number of imidazole rings is 1. The van der Waals surface area contributed by atoms with Crippen molar-refractivity contribution in [2.45, 2.75) is 0 Å². The molecule has 0 fully saturated rings. The second-order valence-electron chi connectivity index (χ2n) is 11.4. The van der Waals surface area contributed by atoms with E-state index in [1.807, 2.05) is 133 Å². The van der Waals surface area contributed by atoms with Crippen LogP contribution in [0.15, 0.2) is 182 Å². The Morgan fingerprint density at radius 3 is 1.38 bits per heavy atom. The van der Waals surface area contributed by atoms with Crippen molar-refractivity contribution in [3.63, 3.8) is 0 Å². The largest absolute Gasteiger partial charge is 0.292 e. The highest BCUT2D eigenvalue weighted by molar-refractivity contribution is 6.21. The maximum atomic E-state index is 9.28. The quantitative estimate of drug-likeness (QED) is 0.178. The molecule has 0 spiro atoms. The molecule has 2 nitrogen and oxygen atoms in total. The molecule has 2 heteroatoms. The fourth-order valence-corrected chi connectivity index (χ4v) is 6.51. The van der Waals surface area contributed by atoms with Crippen LogP contribution in [-0.2, 0) is 0 Å². The van der Waals surface area contributed by atoms with Gasteiger partial charge in [-0.25, -0.2) is 4.98 Å². The Morgan fingerprint density at radius 2 is 0.830 bits per heavy atom. The van der Waals surface area contributed by atoms with Gasteiger partial charge in [-0.2, -0.15) is 0 Å². The summed E-state index contributed by atoms with van der Waals surface area (Å²) in [7, 11) is 0. The lowest BCUT2D eigenvalue weighted by molar-refractivity contribution is 1.10. The van der Waals surface area contributed by atoms with Crippen LogP contribution >= 0.6 is 0 Å². The third-order valence-electron chi connectivity index (χ3n) is 8.66. The third kappa shape index (κ3) is 4.62. The Kier molecular flexibility index (Phi) is 4.80. The summed E-state index contributed by atoms with van der Waals surface area (Å²) in [4.78, 5) is 4.99. The first-order valence-electron chi connectivity index (χ1n) is 19.4. The zero-order valence-corrected chi connectivity index (χ0v) is 25.1. The molecule has 1 heterocycles. The smallest absolute Gasteiger partial charge is 0.145 e. The van der Waals surface area contributed by atoms with Crippen LogP contribution in [-0.4, -0.2) is 9.55 Å². The van der Waals surface area contributed by atoms with E-state index in [2.05, 4.69) is 4.57 Å². The van der Waals surface area contributed by atoms with Gasteiger partial charge in [0.05, 0.1) is 22.0 Å². The summed E-state index contributed by atoms with van der Waals surface area (Å²) in [6.07, 6.45) is 0. The standard InChI is InChI=1S/C45H30N2/c1-3-13-31(14-4-1)32-23-25-33(26-24-32)43-37-17-7-9-19-39(37)44(40-20-10-8-18-38(40)43)34-27-29-35(30-28-34)45-46-41-21-11-12-22-42(41)47(45)36-15-5-2-6-16-36/h1-30H/i7D,8D,9D,10D,17D,18D,19D,20D. The molecule has 0 aliphatic rings. The van der Waals surface area contributed by atoms with Gasteiger partial charge < -0.3 is 0 Å². The molecule has 1 aromatic heterocycles. The molecule has 0 amide bonds. The number of fused-ring (bicyclic) bond motifs is 3. The SMILES string of the molecule is [2H]c1c([2H])c([2H])c2c(-c3ccc(-c4nc5ccccc5n4-c4ccccc4)cc3)c3c([2H])c([2H])c([2H])c([2H])c3c(-c3ccc(-c4ccccc4)cc3)c2c1[2H]. The summed E-state index contributed by atoms with van der Waals surface area (Å²) in [5, 5.41) is 0.715. The summed E-state index contributed by atoms with van der Waals surface area (Å²) < 4.78 is 74.1. The number of hydrogen-bond acceptors (Lipinski definition) is 1. The molecule has 0 bridgehead atoms. The Morgan fingerprint density at radius 1 is 0.404 bits per heavy atom. The van der Waals surface area contributed by atoms with Crippen molar-refractivity contribution in [2.75, 3.05) is 0 Å². The predicted molar refractivity (Wildman–Crippen MR) is 198 cm³/mol. The molecule has 0 radical (unpaired) electrons. The molecule has 0 aliphatic carbocycles. The van der Waals surface area contributed by atoms with Crippen molar-refractivity contribution < 1.29 is 11.0 Å². The van der Waals surface area contributed by atoms with Crippen LogP contribution in [0.5, 0.6) is 0 Å². The molecule has 9 aromatic rings. The maximum Gasteiger partial charge on any atom is 0.145 e. The fourth-order valence-electron chi connectivity index (χ4n) is 6.51. The monoisotopic (exact) mass is 606 g/mol.